The van der Waals surface area contributed by atoms with Crippen LogP contribution in [-0.4, -0.2) is 49.7 Å². The van der Waals surface area contributed by atoms with E-state index in [9.17, 15) is 0 Å². The molecule has 1 saturated heterocycles. The maximum atomic E-state index is 5.28. The van der Waals surface area contributed by atoms with Crippen molar-refractivity contribution in [3.63, 3.8) is 0 Å². The first-order valence-corrected chi connectivity index (χ1v) is 8.95. The predicted molar refractivity (Wildman–Crippen MR) is 101 cm³/mol. The Morgan fingerprint density at radius 3 is 2.79 bits per heavy atom. The number of likely N-dealkylation sites (tertiary alicyclic amines) is 1. The third kappa shape index (κ3) is 5.13. The summed E-state index contributed by atoms with van der Waals surface area (Å²) in [6.45, 7) is 12.6. The number of ether oxygens (including phenoxy) is 1. The highest BCUT2D eigenvalue weighted by atomic mass is 16.5. The fraction of sp³-hybridized carbons (Fsp3) is 0.632. The van der Waals surface area contributed by atoms with Gasteiger partial charge in [0.15, 0.2) is 5.96 Å². The molecule has 1 aromatic carbocycles. The predicted octanol–water partition coefficient (Wildman–Crippen LogP) is 2.48. The van der Waals surface area contributed by atoms with Gasteiger partial charge in [-0.25, -0.2) is 4.99 Å². The van der Waals surface area contributed by atoms with Crippen LogP contribution >= 0.6 is 0 Å². The summed E-state index contributed by atoms with van der Waals surface area (Å²) in [7, 11) is 1.69. The fourth-order valence-corrected chi connectivity index (χ4v) is 3.05. The van der Waals surface area contributed by atoms with Crippen molar-refractivity contribution in [3.8, 4) is 5.75 Å². The van der Waals surface area contributed by atoms with Crippen molar-refractivity contribution < 1.29 is 4.74 Å². The lowest BCUT2D eigenvalue weighted by molar-refractivity contribution is 0.265. The molecule has 2 atom stereocenters. The van der Waals surface area contributed by atoms with Crippen LogP contribution in [0.1, 0.15) is 33.3 Å². The van der Waals surface area contributed by atoms with Crippen molar-refractivity contribution in [2.75, 3.05) is 26.7 Å². The lowest BCUT2D eigenvalue weighted by Crippen LogP contribution is -2.46. The molecule has 5 heteroatoms. The molecule has 0 saturated carbocycles. The first-order valence-electron chi connectivity index (χ1n) is 8.95. The number of methoxy groups -OCH3 is 1. The molecule has 0 bridgehead atoms. The summed E-state index contributed by atoms with van der Waals surface area (Å²) in [6, 6.07) is 9.10. The van der Waals surface area contributed by atoms with Crippen molar-refractivity contribution in [2.24, 2.45) is 10.9 Å². The maximum Gasteiger partial charge on any atom is 0.191 e. The number of aliphatic imine (C=N–C) groups is 1. The third-order valence-electron chi connectivity index (χ3n) is 4.59. The van der Waals surface area contributed by atoms with Crippen LogP contribution in [-0.2, 0) is 6.54 Å². The Balaban J connectivity index is 2.00. The molecule has 1 aliphatic heterocycles. The molecule has 134 valence electrons. The van der Waals surface area contributed by atoms with Gasteiger partial charge < -0.3 is 15.4 Å². The second-order valence-electron chi connectivity index (χ2n) is 6.82. The van der Waals surface area contributed by atoms with E-state index in [4.69, 9.17) is 9.73 Å². The number of nitrogens with zero attached hydrogens (tertiary/aromatic N) is 2. The highest BCUT2D eigenvalue weighted by Crippen LogP contribution is 2.18. The Labute approximate surface area is 146 Å². The van der Waals surface area contributed by atoms with Crippen molar-refractivity contribution in [3.05, 3.63) is 29.8 Å². The number of benzene rings is 1. The first-order chi connectivity index (χ1) is 11.5. The summed E-state index contributed by atoms with van der Waals surface area (Å²) >= 11 is 0. The summed E-state index contributed by atoms with van der Waals surface area (Å²) < 4.78 is 5.28. The zero-order chi connectivity index (χ0) is 17.5. The Hall–Kier alpha value is -1.75. The number of guanidine groups is 1. The van der Waals surface area contributed by atoms with Gasteiger partial charge in [0.25, 0.3) is 0 Å². The van der Waals surface area contributed by atoms with Gasteiger partial charge in [-0.3, -0.25) is 4.90 Å². The Morgan fingerprint density at radius 1 is 1.38 bits per heavy atom. The van der Waals surface area contributed by atoms with Crippen molar-refractivity contribution >= 4 is 5.96 Å². The maximum absolute atomic E-state index is 5.28. The monoisotopic (exact) mass is 332 g/mol. The van der Waals surface area contributed by atoms with E-state index in [2.05, 4.69) is 49.3 Å². The van der Waals surface area contributed by atoms with E-state index in [1.807, 2.05) is 18.2 Å². The molecule has 2 rings (SSSR count). The number of nitrogens with one attached hydrogen (secondary N) is 2. The average molecular weight is 332 g/mol. The van der Waals surface area contributed by atoms with Gasteiger partial charge >= 0.3 is 0 Å². The molecule has 1 fully saturated rings. The van der Waals surface area contributed by atoms with Crippen LogP contribution < -0.4 is 15.4 Å². The van der Waals surface area contributed by atoms with E-state index in [0.29, 0.717) is 24.5 Å². The molecule has 0 aromatic heterocycles. The number of hydrogen-bond donors (Lipinski definition) is 2. The lowest BCUT2D eigenvalue weighted by atomic mass is 10.1. The van der Waals surface area contributed by atoms with Gasteiger partial charge in [0.2, 0.25) is 0 Å². The minimum atomic E-state index is 0.440. The van der Waals surface area contributed by atoms with E-state index in [1.54, 1.807) is 7.11 Å². The van der Waals surface area contributed by atoms with Gasteiger partial charge in [-0.05, 0) is 44.4 Å². The Kier molecular flexibility index (Phi) is 6.91. The molecule has 0 radical (unpaired) electrons. The zero-order valence-corrected chi connectivity index (χ0v) is 15.7. The van der Waals surface area contributed by atoms with Gasteiger partial charge in [-0.1, -0.05) is 19.1 Å². The summed E-state index contributed by atoms with van der Waals surface area (Å²) in [5.41, 5.74) is 1.15. The van der Waals surface area contributed by atoms with Gasteiger partial charge in [-0.2, -0.15) is 0 Å². The topological polar surface area (TPSA) is 48.9 Å². The van der Waals surface area contributed by atoms with E-state index in [-0.39, 0.29) is 0 Å². The van der Waals surface area contributed by atoms with Crippen LogP contribution in [0.25, 0.3) is 0 Å². The zero-order valence-electron chi connectivity index (χ0n) is 15.7. The van der Waals surface area contributed by atoms with Gasteiger partial charge in [0.1, 0.15) is 5.75 Å². The summed E-state index contributed by atoms with van der Waals surface area (Å²) in [6.07, 6.45) is 0. The molecule has 2 unspecified atom stereocenters. The van der Waals surface area contributed by atoms with Crippen LogP contribution in [0.15, 0.2) is 29.3 Å². The highest BCUT2D eigenvalue weighted by Gasteiger charge is 2.31. The van der Waals surface area contributed by atoms with Crippen molar-refractivity contribution in [1.29, 1.82) is 0 Å². The molecule has 1 aromatic rings. The minimum absolute atomic E-state index is 0.440. The fourth-order valence-electron chi connectivity index (χ4n) is 3.05. The Bertz CT molecular complexity index is 544. The first kappa shape index (κ1) is 18.6. The molecule has 2 N–H and O–H groups in total. The van der Waals surface area contributed by atoms with Gasteiger partial charge in [0, 0.05) is 31.7 Å². The molecular weight excluding hydrogens is 300 g/mol. The second-order valence-corrected chi connectivity index (χ2v) is 6.82. The van der Waals surface area contributed by atoms with E-state index < -0.39 is 0 Å². The van der Waals surface area contributed by atoms with E-state index in [0.717, 1.165) is 36.9 Å². The summed E-state index contributed by atoms with van der Waals surface area (Å²) in [5.74, 6) is 2.38. The van der Waals surface area contributed by atoms with Gasteiger partial charge in [-0.15, -0.1) is 0 Å². The lowest BCUT2D eigenvalue weighted by Gasteiger charge is -2.22. The molecule has 1 aliphatic rings. The third-order valence-corrected chi connectivity index (χ3v) is 4.59. The SMILES string of the molecule is CCNC(=NCc1cccc(OC)c1)NC1CN(C(C)C)CC1C. The van der Waals surface area contributed by atoms with Crippen molar-refractivity contribution in [1.82, 2.24) is 15.5 Å². The van der Waals surface area contributed by atoms with Crippen LogP contribution in [0.5, 0.6) is 5.75 Å². The van der Waals surface area contributed by atoms with E-state index in [1.165, 1.54) is 0 Å². The normalized spacial score (nSPS) is 22.0. The minimum Gasteiger partial charge on any atom is -0.497 e. The van der Waals surface area contributed by atoms with Crippen LogP contribution in [0.4, 0.5) is 0 Å². The standard InChI is InChI=1S/C19H32N4O/c1-6-20-19(21-11-16-8-7-9-17(10-16)24-5)22-18-13-23(14(2)3)12-15(18)4/h7-10,14-15,18H,6,11-13H2,1-5H3,(H2,20,21,22). The smallest absolute Gasteiger partial charge is 0.191 e. The number of rotatable bonds is 6. The van der Waals surface area contributed by atoms with Crippen LogP contribution in [0.2, 0.25) is 0 Å². The van der Waals surface area contributed by atoms with Crippen LogP contribution in [0, 0.1) is 5.92 Å². The highest BCUT2D eigenvalue weighted by molar-refractivity contribution is 5.80. The molecule has 0 aliphatic carbocycles. The molecule has 5 nitrogen and oxygen atoms in total. The molecule has 1 heterocycles. The molecule has 0 amide bonds. The van der Waals surface area contributed by atoms with Crippen LogP contribution in [0.3, 0.4) is 0 Å². The average Bonchev–Trinajstić information content (AvgIpc) is 2.94. The molecular formula is C19H32N4O. The van der Waals surface area contributed by atoms with E-state index >= 15 is 0 Å². The number of hydrogen-bond acceptors (Lipinski definition) is 3. The molecule has 0 spiro atoms. The molecule has 24 heavy (non-hydrogen) atoms. The summed E-state index contributed by atoms with van der Waals surface area (Å²) in [5, 5.41) is 6.98. The second kappa shape index (κ2) is 8.92. The quantitative estimate of drug-likeness (QED) is 0.621. The van der Waals surface area contributed by atoms with Gasteiger partial charge in [0.05, 0.1) is 13.7 Å². The Morgan fingerprint density at radius 2 is 2.17 bits per heavy atom. The summed E-state index contributed by atoms with van der Waals surface area (Å²) in [4.78, 5) is 7.27. The van der Waals surface area contributed by atoms with Crippen molar-refractivity contribution in [2.45, 2.75) is 46.3 Å². The largest absolute Gasteiger partial charge is 0.497 e.